The van der Waals surface area contributed by atoms with Gasteiger partial charge in [0.25, 0.3) is 0 Å². The predicted octanol–water partition coefficient (Wildman–Crippen LogP) is 4.25. The summed E-state index contributed by atoms with van der Waals surface area (Å²) in [5, 5.41) is 2.86. The van der Waals surface area contributed by atoms with Gasteiger partial charge in [-0.15, -0.1) is 4.91 Å². The summed E-state index contributed by atoms with van der Waals surface area (Å²) in [6.45, 7) is 0. The summed E-state index contributed by atoms with van der Waals surface area (Å²) in [7, 11) is 0. The maximum Gasteiger partial charge on any atom is 0.108 e. The van der Waals surface area contributed by atoms with Crippen molar-refractivity contribution in [3.8, 4) is 0 Å². The second kappa shape index (κ2) is 5.03. The van der Waals surface area contributed by atoms with Crippen LogP contribution < -0.4 is 0 Å². The third-order valence-electron chi connectivity index (χ3n) is 2.27. The summed E-state index contributed by atoms with van der Waals surface area (Å²) < 4.78 is 0. The van der Waals surface area contributed by atoms with Gasteiger partial charge in [-0.2, -0.15) is 0 Å². The molecule has 0 heterocycles. The van der Waals surface area contributed by atoms with Crippen LogP contribution in [0.15, 0.2) is 59.8 Å². The van der Waals surface area contributed by atoms with Gasteiger partial charge in [-0.05, 0) is 28.4 Å². The molecule has 0 bridgehead atoms. The van der Waals surface area contributed by atoms with E-state index in [1.54, 1.807) is 12.1 Å². The number of rotatable bonds is 3. The van der Waals surface area contributed by atoms with Crippen molar-refractivity contribution in [1.29, 1.82) is 0 Å². The van der Waals surface area contributed by atoms with Crippen LogP contribution >= 0.6 is 0 Å². The van der Waals surface area contributed by atoms with Gasteiger partial charge in [0.05, 0.1) is 0 Å². The van der Waals surface area contributed by atoms with Gasteiger partial charge in [-0.1, -0.05) is 54.6 Å². The van der Waals surface area contributed by atoms with Crippen LogP contribution in [0.2, 0.25) is 0 Å². The number of nitroso groups, excluding NO2 is 1. The van der Waals surface area contributed by atoms with E-state index in [9.17, 15) is 4.91 Å². The zero-order chi connectivity index (χ0) is 11.2. The lowest BCUT2D eigenvalue weighted by atomic mass is 10.1. The Kier molecular flexibility index (Phi) is 3.24. The van der Waals surface area contributed by atoms with Gasteiger partial charge in [0.2, 0.25) is 0 Å². The van der Waals surface area contributed by atoms with E-state index in [1.807, 2.05) is 54.6 Å². The quantitative estimate of drug-likeness (QED) is 0.548. The molecule has 0 aliphatic carbocycles. The van der Waals surface area contributed by atoms with Crippen molar-refractivity contribution in [2.45, 2.75) is 0 Å². The number of benzene rings is 2. The molecule has 0 saturated carbocycles. The lowest BCUT2D eigenvalue weighted by Crippen LogP contribution is -1.71. The van der Waals surface area contributed by atoms with Crippen molar-refractivity contribution in [2.24, 2.45) is 5.18 Å². The summed E-state index contributed by atoms with van der Waals surface area (Å²) in [4.78, 5) is 10.2. The third-order valence-corrected chi connectivity index (χ3v) is 2.27. The van der Waals surface area contributed by atoms with E-state index in [1.165, 1.54) is 0 Å². The standard InChI is InChI=1S/C14H11NO/c16-15-14-10-8-13(9-11-14)7-6-12-4-2-1-3-5-12/h1-11H/b7-6+. The fraction of sp³-hybridized carbons (Fsp3) is 0. The lowest BCUT2D eigenvalue weighted by molar-refractivity contribution is 1.49. The average molecular weight is 209 g/mol. The zero-order valence-corrected chi connectivity index (χ0v) is 8.71. The molecule has 0 spiro atoms. The Hall–Kier alpha value is -2.22. The highest BCUT2D eigenvalue weighted by atomic mass is 16.3. The molecule has 2 nitrogen and oxygen atoms in total. The van der Waals surface area contributed by atoms with Gasteiger partial charge >= 0.3 is 0 Å². The third kappa shape index (κ3) is 2.64. The SMILES string of the molecule is O=Nc1ccc(/C=C/c2ccccc2)cc1. The monoisotopic (exact) mass is 209 g/mol. The van der Waals surface area contributed by atoms with Gasteiger partial charge < -0.3 is 0 Å². The Balaban J connectivity index is 2.14. The van der Waals surface area contributed by atoms with Gasteiger partial charge in [0, 0.05) is 0 Å². The molecule has 0 saturated heterocycles. The highest BCUT2D eigenvalue weighted by molar-refractivity contribution is 5.70. The molecule has 16 heavy (non-hydrogen) atoms. The van der Waals surface area contributed by atoms with Crippen molar-refractivity contribution < 1.29 is 0 Å². The first kappa shape index (κ1) is 10.3. The topological polar surface area (TPSA) is 29.4 Å². The second-order valence-electron chi connectivity index (χ2n) is 3.43. The number of nitrogens with zero attached hydrogens (tertiary/aromatic N) is 1. The fourth-order valence-corrected chi connectivity index (χ4v) is 1.40. The molecule has 78 valence electrons. The first-order valence-electron chi connectivity index (χ1n) is 5.05. The van der Waals surface area contributed by atoms with Crippen LogP contribution in [0.3, 0.4) is 0 Å². The minimum Gasteiger partial charge on any atom is -0.145 e. The van der Waals surface area contributed by atoms with E-state index in [0.717, 1.165) is 11.1 Å². The molecule has 0 fully saturated rings. The summed E-state index contributed by atoms with van der Waals surface area (Å²) in [6.07, 6.45) is 4.03. The minimum absolute atomic E-state index is 0.455. The first-order valence-corrected chi connectivity index (χ1v) is 5.05. The molecule has 2 aromatic rings. The van der Waals surface area contributed by atoms with E-state index in [2.05, 4.69) is 5.18 Å². The van der Waals surface area contributed by atoms with Crippen LogP contribution in [0, 0.1) is 4.91 Å². The maximum absolute atomic E-state index is 10.2. The van der Waals surface area contributed by atoms with Crippen LogP contribution in [-0.4, -0.2) is 0 Å². The van der Waals surface area contributed by atoms with Gasteiger partial charge in [-0.25, -0.2) is 0 Å². The van der Waals surface area contributed by atoms with Crippen molar-refractivity contribution in [1.82, 2.24) is 0 Å². The largest absolute Gasteiger partial charge is 0.145 e. The molecule has 0 radical (unpaired) electrons. The van der Waals surface area contributed by atoms with Gasteiger partial charge in [0.15, 0.2) is 0 Å². The van der Waals surface area contributed by atoms with E-state index in [-0.39, 0.29) is 0 Å². The van der Waals surface area contributed by atoms with Crippen LogP contribution in [0.1, 0.15) is 11.1 Å². The Labute approximate surface area is 94.2 Å². The van der Waals surface area contributed by atoms with E-state index in [0.29, 0.717) is 5.69 Å². The normalized spacial score (nSPS) is 10.5. The van der Waals surface area contributed by atoms with E-state index >= 15 is 0 Å². The van der Waals surface area contributed by atoms with Crippen molar-refractivity contribution in [2.75, 3.05) is 0 Å². The molecule has 2 rings (SSSR count). The van der Waals surface area contributed by atoms with Crippen LogP contribution in [0.25, 0.3) is 12.2 Å². The summed E-state index contributed by atoms with van der Waals surface area (Å²) >= 11 is 0. The van der Waals surface area contributed by atoms with Crippen LogP contribution in [-0.2, 0) is 0 Å². The summed E-state index contributed by atoms with van der Waals surface area (Å²) in [5.74, 6) is 0. The second-order valence-corrected chi connectivity index (χ2v) is 3.43. The maximum atomic E-state index is 10.2. The summed E-state index contributed by atoms with van der Waals surface area (Å²) in [6, 6.07) is 17.2. The molecule has 2 heteroatoms. The molecule has 0 aliphatic heterocycles. The Morgan fingerprint density at radius 1 is 0.750 bits per heavy atom. The molecule has 0 unspecified atom stereocenters. The van der Waals surface area contributed by atoms with E-state index < -0.39 is 0 Å². The molecular formula is C14H11NO. The fourth-order valence-electron chi connectivity index (χ4n) is 1.40. The zero-order valence-electron chi connectivity index (χ0n) is 8.71. The smallest absolute Gasteiger partial charge is 0.108 e. The number of hydrogen-bond donors (Lipinski definition) is 0. The molecule has 0 atom stereocenters. The van der Waals surface area contributed by atoms with E-state index in [4.69, 9.17) is 0 Å². The summed E-state index contributed by atoms with van der Waals surface area (Å²) in [5.41, 5.74) is 2.66. The molecule has 0 amide bonds. The first-order chi connectivity index (χ1) is 7.88. The molecule has 2 aromatic carbocycles. The van der Waals surface area contributed by atoms with Crippen LogP contribution in [0.5, 0.6) is 0 Å². The molecular weight excluding hydrogens is 198 g/mol. The molecule has 0 aliphatic rings. The Morgan fingerprint density at radius 3 is 1.88 bits per heavy atom. The predicted molar refractivity (Wildman–Crippen MR) is 67.3 cm³/mol. The molecule has 0 N–H and O–H groups in total. The number of hydrogen-bond acceptors (Lipinski definition) is 2. The van der Waals surface area contributed by atoms with Crippen molar-refractivity contribution in [3.63, 3.8) is 0 Å². The molecule has 0 aromatic heterocycles. The average Bonchev–Trinajstić information content (AvgIpc) is 2.38. The highest BCUT2D eigenvalue weighted by Crippen LogP contribution is 2.14. The minimum atomic E-state index is 0.455. The van der Waals surface area contributed by atoms with Crippen molar-refractivity contribution in [3.05, 3.63) is 70.6 Å². The lowest BCUT2D eigenvalue weighted by Gasteiger charge is -1.94. The highest BCUT2D eigenvalue weighted by Gasteiger charge is 1.90. The Morgan fingerprint density at radius 2 is 1.31 bits per heavy atom. The Bertz CT molecular complexity index is 486. The van der Waals surface area contributed by atoms with Gasteiger partial charge in [-0.3, -0.25) is 0 Å². The van der Waals surface area contributed by atoms with Gasteiger partial charge in [0.1, 0.15) is 5.69 Å². The van der Waals surface area contributed by atoms with Crippen molar-refractivity contribution >= 4 is 17.8 Å². The van der Waals surface area contributed by atoms with Crippen LogP contribution in [0.4, 0.5) is 5.69 Å².